The lowest BCUT2D eigenvalue weighted by atomic mass is 10.2. The molecule has 2 rings (SSSR count). The van der Waals surface area contributed by atoms with E-state index in [4.69, 9.17) is 17.3 Å². The normalized spacial score (nSPS) is 11.6. The van der Waals surface area contributed by atoms with Crippen molar-refractivity contribution in [2.24, 2.45) is 0 Å². The number of hydrogen-bond acceptors (Lipinski definition) is 3. The second-order valence-electron chi connectivity index (χ2n) is 4.19. The third-order valence-electron chi connectivity index (χ3n) is 2.65. The van der Waals surface area contributed by atoms with Crippen molar-refractivity contribution in [3.63, 3.8) is 0 Å². The number of halogens is 3. The molecule has 0 aromatic heterocycles. The molecule has 106 valence electrons. The van der Waals surface area contributed by atoms with Crippen molar-refractivity contribution in [3.8, 4) is 0 Å². The van der Waals surface area contributed by atoms with E-state index in [1.807, 2.05) is 0 Å². The molecule has 0 aliphatic rings. The number of nitrogens with two attached hydrogens (primary N) is 1. The van der Waals surface area contributed by atoms with E-state index in [1.54, 1.807) is 0 Å². The van der Waals surface area contributed by atoms with Gasteiger partial charge in [0.1, 0.15) is 11.6 Å². The fourth-order valence-corrected chi connectivity index (χ4v) is 3.40. The fraction of sp³-hybridized carbons (Fsp3) is 0.0769. The third kappa shape index (κ3) is 3.08. The molecule has 0 aliphatic heterocycles. The number of nitrogen functional groups attached to an aromatic ring is 1. The largest absolute Gasteiger partial charge is 0.398 e. The summed E-state index contributed by atoms with van der Waals surface area (Å²) >= 11 is 5.59. The second kappa shape index (κ2) is 5.38. The Morgan fingerprint density at radius 3 is 2.45 bits per heavy atom. The van der Waals surface area contributed by atoms with Crippen LogP contribution >= 0.6 is 11.6 Å². The summed E-state index contributed by atoms with van der Waals surface area (Å²) in [6.45, 7) is 0. The summed E-state index contributed by atoms with van der Waals surface area (Å²) in [5, 5.41) is -0.176. The molecule has 20 heavy (non-hydrogen) atoms. The Bertz CT molecular complexity index is 763. The molecule has 0 unspecified atom stereocenters. The summed E-state index contributed by atoms with van der Waals surface area (Å²) in [6.07, 6.45) is 0. The van der Waals surface area contributed by atoms with Crippen LogP contribution in [-0.4, -0.2) is 8.42 Å². The molecule has 2 aromatic carbocycles. The first kappa shape index (κ1) is 14.7. The van der Waals surface area contributed by atoms with Gasteiger partial charge >= 0.3 is 0 Å². The molecular formula is C13H10ClF2NO2S. The molecule has 0 saturated heterocycles. The molecule has 0 fully saturated rings. The zero-order chi connectivity index (χ0) is 14.9. The molecule has 0 amide bonds. The van der Waals surface area contributed by atoms with Crippen LogP contribution in [0.5, 0.6) is 0 Å². The topological polar surface area (TPSA) is 60.2 Å². The average molecular weight is 318 g/mol. The molecule has 0 radical (unpaired) electrons. The molecule has 0 spiro atoms. The summed E-state index contributed by atoms with van der Waals surface area (Å²) in [7, 11) is -3.84. The monoisotopic (exact) mass is 317 g/mol. The van der Waals surface area contributed by atoms with E-state index >= 15 is 0 Å². The highest BCUT2D eigenvalue weighted by molar-refractivity contribution is 7.90. The maximum absolute atomic E-state index is 13.1. The molecule has 7 heteroatoms. The lowest BCUT2D eigenvalue weighted by Gasteiger charge is -2.08. The molecule has 0 saturated carbocycles. The Hall–Kier alpha value is -1.66. The van der Waals surface area contributed by atoms with Gasteiger partial charge in [0.05, 0.1) is 21.4 Å². The van der Waals surface area contributed by atoms with E-state index in [1.165, 1.54) is 18.2 Å². The van der Waals surface area contributed by atoms with E-state index in [9.17, 15) is 17.2 Å². The van der Waals surface area contributed by atoms with Crippen molar-refractivity contribution < 1.29 is 17.2 Å². The van der Waals surface area contributed by atoms with Gasteiger partial charge in [-0.25, -0.2) is 17.2 Å². The van der Waals surface area contributed by atoms with E-state index in [-0.39, 0.29) is 15.6 Å². The lowest BCUT2D eigenvalue weighted by molar-refractivity contribution is 0.590. The van der Waals surface area contributed by atoms with E-state index in [0.29, 0.717) is 5.56 Å². The second-order valence-corrected chi connectivity index (χ2v) is 6.55. The number of sulfone groups is 1. The van der Waals surface area contributed by atoms with Crippen LogP contribution in [0.15, 0.2) is 41.3 Å². The Balaban J connectivity index is 2.40. The van der Waals surface area contributed by atoms with E-state index < -0.39 is 27.2 Å². The van der Waals surface area contributed by atoms with Gasteiger partial charge < -0.3 is 5.73 Å². The van der Waals surface area contributed by atoms with E-state index in [2.05, 4.69) is 0 Å². The highest BCUT2D eigenvalue weighted by Gasteiger charge is 2.19. The fourth-order valence-electron chi connectivity index (χ4n) is 1.70. The Morgan fingerprint density at radius 2 is 1.80 bits per heavy atom. The van der Waals surface area contributed by atoms with Gasteiger partial charge in [0.25, 0.3) is 0 Å². The quantitative estimate of drug-likeness (QED) is 0.884. The van der Waals surface area contributed by atoms with E-state index in [0.717, 1.165) is 18.2 Å². The third-order valence-corrected chi connectivity index (χ3v) is 4.68. The summed E-state index contributed by atoms with van der Waals surface area (Å²) in [5.41, 5.74) is 5.80. The maximum Gasteiger partial charge on any atom is 0.184 e. The molecule has 2 aromatic rings. The van der Waals surface area contributed by atoms with Gasteiger partial charge in [-0.05, 0) is 35.9 Å². The molecule has 0 aliphatic carbocycles. The Labute approximate surface area is 119 Å². The van der Waals surface area contributed by atoms with Crippen molar-refractivity contribution in [1.82, 2.24) is 0 Å². The number of benzene rings is 2. The van der Waals surface area contributed by atoms with Gasteiger partial charge in [0.15, 0.2) is 9.84 Å². The maximum atomic E-state index is 13.1. The van der Waals surface area contributed by atoms with Crippen LogP contribution in [0.4, 0.5) is 14.5 Å². The number of rotatable bonds is 3. The standard InChI is InChI=1S/C13H10ClF2NO2S/c14-10-5-8(1-3-11(10)16)7-20(18,19)13-6-9(15)2-4-12(13)17/h1-6H,7,17H2. The van der Waals surface area contributed by atoms with Gasteiger partial charge in [-0.1, -0.05) is 17.7 Å². The zero-order valence-corrected chi connectivity index (χ0v) is 11.7. The van der Waals surface area contributed by atoms with Crippen molar-refractivity contribution in [2.45, 2.75) is 10.6 Å². The number of hydrogen-bond donors (Lipinski definition) is 1. The first-order chi connectivity index (χ1) is 9.29. The average Bonchev–Trinajstić information content (AvgIpc) is 2.36. The molecular weight excluding hydrogens is 308 g/mol. The molecule has 0 heterocycles. The minimum Gasteiger partial charge on any atom is -0.398 e. The minimum absolute atomic E-state index is 0.0420. The first-order valence-electron chi connectivity index (χ1n) is 5.51. The van der Waals surface area contributed by atoms with Crippen LogP contribution in [-0.2, 0) is 15.6 Å². The highest BCUT2D eigenvalue weighted by Crippen LogP contribution is 2.25. The summed E-state index contributed by atoms with van der Waals surface area (Å²) in [4.78, 5) is -0.294. The van der Waals surface area contributed by atoms with Crippen LogP contribution in [0.2, 0.25) is 5.02 Å². The highest BCUT2D eigenvalue weighted by atomic mass is 35.5. The SMILES string of the molecule is Nc1ccc(F)cc1S(=O)(=O)Cc1ccc(F)c(Cl)c1. The van der Waals surface area contributed by atoms with Crippen molar-refractivity contribution >= 4 is 27.1 Å². The van der Waals surface area contributed by atoms with Crippen molar-refractivity contribution in [1.29, 1.82) is 0 Å². The Kier molecular flexibility index (Phi) is 3.96. The van der Waals surface area contributed by atoms with Crippen LogP contribution in [0.3, 0.4) is 0 Å². The van der Waals surface area contributed by atoms with Gasteiger partial charge in [-0.15, -0.1) is 0 Å². The van der Waals surface area contributed by atoms with Gasteiger partial charge in [0, 0.05) is 0 Å². The van der Waals surface area contributed by atoms with Crippen LogP contribution in [0.25, 0.3) is 0 Å². The number of anilines is 1. The smallest absolute Gasteiger partial charge is 0.184 e. The van der Waals surface area contributed by atoms with Crippen LogP contribution in [0.1, 0.15) is 5.56 Å². The minimum atomic E-state index is -3.84. The Morgan fingerprint density at radius 1 is 1.10 bits per heavy atom. The molecule has 0 atom stereocenters. The zero-order valence-electron chi connectivity index (χ0n) is 10.1. The summed E-state index contributed by atoms with van der Waals surface area (Å²) < 4.78 is 50.5. The summed E-state index contributed by atoms with van der Waals surface area (Å²) in [5.74, 6) is -1.78. The lowest BCUT2D eigenvalue weighted by Crippen LogP contribution is -2.08. The van der Waals surface area contributed by atoms with Gasteiger partial charge in [0.2, 0.25) is 0 Å². The van der Waals surface area contributed by atoms with Gasteiger partial charge in [-0.2, -0.15) is 0 Å². The van der Waals surface area contributed by atoms with Crippen LogP contribution < -0.4 is 5.73 Å². The first-order valence-corrected chi connectivity index (χ1v) is 7.54. The van der Waals surface area contributed by atoms with Crippen LogP contribution in [0, 0.1) is 11.6 Å². The molecule has 0 bridgehead atoms. The van der Waals surface area contributed by atoms with Crippen molar-refractivity contribution in [2.75, 3.05) is 5.73 Å². The molecule has 3 nitrogen and oxygen atoms in total. The molecule has 2 N–H and O–H groups in total. The van der Waals surface area contributed by atoms with Gasteiger partial charge in [-0.3, -0.25) is 0 Å². The predicted octanol–water partition coefficient (Wildman–Crippen LogP) is 3.17. The predicted molar refractivity (Wildman–Crippen MR) is 73.1 cm³/mol. The summed E-state index contributed by atoms with van der Waals surface area (Å²) in [6, 6.07) is 6.69. The van der Waals surface area contributed by atoms with Crippen molar-refractivity contribution in [3.05, 3.63) is 58.6 Å².